The molecular formula is C14H23N3O. The van der Waals surface area contributed by atoms with Gasteiger partial charge in [0, 0.05) is 24.7 Å². The van der Waals surface area contributed by atoms with Crippen LogP contribution in [0, 0.1) is 0 Å². The molecule has 4 heteroatoms. The summed E-state index contributed by atoms with van der Waals surface area (Å²) in [5.41, 5.74) is 7.69. The van der Waals surface area contributed by atoms with Crippen LogP contribution in [0.15, 0.2) is 18.2 Å². The van der Waals surface area contributed by atoms with E-state index in [-0.39, 0.29) is 0 Å². The number of ether oxygens (including phenoxy) is 1. The van der Waals surface area contributed by atoms with Crippen molar-refractivity contribution in [2.75, 3.05) is 31.8 Å². The van der Waals surface area contributed by atoms with Crippen molar-refractivity contribution in [2.45, 2.75) is 31.8 Å². The summed E-state index contributed by atoms with van der Waals surface area (Å²) in [6.07, 6.45) is 2.68. The maximum atomic E-state index is 5.98. The first-order chi connectivity index (χ1) is 8.61. The Balaban J connectivity index is 1.89. The number of nitrogens with one attached hydrogen (secondary N) is 1. The van der Waals surface area contributed by atoms with Gasteiger partial charge in [0.15, 0.2) is 0 Å². The number of nitrogens with two attached hydrogens (primary N) is 1. The Morgan fingerprint density at radius 2 is 2.22 bits per heavy atom. The first-order valence-corrected chi connectivity index (χ1v) is 6.51. The highest BCUT2D eigenvalue weighted by molar-refractivity contribution is 5.68. The fraction of sp³-hybridized carbons (Fsp3) is 0.571. The number of rotatable bonds is 6. The van der Waals surface area contributed by atoms with Gasteiger partial charge in [0.05, 0.1) is 18.5 Å². The average Bonchev–Trinajstić information content (AvgIpc) is 3.20. The monoisotopic (exact) mass is 249 g/mol. The molecule has 0 saturated heterocycles. The van der Waals surface area contributed by atoms with E-state index >= 15 is 0 Å². The molecule has 4 nitrogen and oxygen atoms in total. The quantitative estimate of drug-likeness (QED) is 0.759. The minimum Gasteiger partial charge on any atom is -0.497 e. The second-order valence-electron chi connectivity index (χ2n) is 5.08. The van der Waals surface area contributed by atoms with E-state index in [1.54, 1.807) is 7.11 Å². The van der Waals surface area contributed by atoms with Crippen LogP contribution in [0.5, 0.6) is 5.75 Å². The minimum absolute atomic E-state index is 0.513. The normalized spacial score (nSPS) is 16.7. The molecule has 0 bridgehead atoms. The lowest BCUT2D eigenvalue weighted by Crippen LogP contribution is -2.36. The van der Waals surface area contributed by atoms with E-state index in [9.17, 15) is 0 Å². The molecule has 1 saturated carbocycles. The number of hydrogen-bond donors (Lipinski definition) is 2. The number of nitrogen functional groups attached to an aromatic ring is 1. The van der Waals surface area contributed by atoms with E-state index in [0.717, 1.165) is 29.7 Å². The first-order valence-electron chi connectivity index (χ1n) is 6.51. The van der Waals surface area contributed by atoms with Crippen LogP contribution in [0.4, 0.5) is 11.4 Å². The molecule has 100 valence electrons. The highest BCUT2D eigenvalue weighted by Crippen LogP contribution is 2.28. The van der Waals surface area contributed by atoms with Crippen molar-refractivity contribution < 1.29 is 4.74 Å². The van der Waals surface area contributed by atoms with E-state index in [1.807, 2.05) is 18.2 Å². The molecule has 0 heterocycles. The topological polar surface area (TPSA) is 50.5 Å². The van der Waals surface area contributed by atoms with Crippen LogP contribution in [-0.2, 0) is 0 Å². The summed E-state index contributed by atoms with van der Waals surface area (Å²) in [5, 5.41) is 3.41. The van der Waals surface area contributed by atoms with Gasteiger partial charge in [-0.3, -0.25) is 4.90 Å². The Labute approximate surface area is 109 Å². The molecule has 1 unspecified atom stereocenters. The van der Waals surface area contributed by atoms with Crippen molar-refractivity contribution in [1.29, 1.82) is 0 Å². The van der Waals surface area contributed by atoms with Gasteiger partial charge < -0.3 is 15.8 Å². The molecule has 1 fully saturated rings. The Kier molecular flexibility index (Phi) is 3.97. The molecule has 0 amide bonds. The Bertz CT molecular complexity index is 404. The molecule has 0 aliphatic heterocycles. The fourth-order valence-electron chi connectivity index (χ4n) is 2.07. The van der Waals surface area contributed by atoms with E-state index in [1.165, 1.54) is 12.8 Å². The molecule has 3 N–H and O–H groups in total. The van der Waals surface area contributed by atoms with Crippen LogP contribution in [0.25, 0.3) is 0 Å². The Morgan fingerprint density at radius 3 is 2.78 bits per heavy atom. The lowest BCUT2D eigenvalue weighted by Gasteiger charge is -2.25. The van der Waals surface area contributed by atoms with Crippen LogP contribution >= 0.6 is 0 Å². The van der Waals surface area contributed by atoms with E-state index in [0.29, 0.717) is 6.04 Å². The third-order valence-electron chi connectivity index (χ3n) is 3.66. The Morgan fingerprint density at radius 1 is 1.50 bits per heavy atom. The van der Waals surface area contributed by atoms with Crippen LogP contribution in [0.3, 0.4) is 0 Å². The summed E-state index contributed by atoms with van der Waals surface area (Å²) in [4.78, 5) is 2.44. The highest BCUT2D eigenvalue weighted by atomic mass is 16.5. The summed E-state index contributed by atoms with van der Waals surface area (Å²) in [7, 11) is 3.84. The molecule has 1 aliphatic carbocycles. The van der Waals surface area contributed by atoms with Gasteiger partial charge in [-0.1, -0.05) is 0 Å². The zero-order chi connectivity index (χ0) is 13.1. The molecule has 2 rings (SSSR count). The summed E-state index contributed by atoms with van der Waals surface area (Å²) in [5.74, 6) is 0.793. The molecule has 0 radical (unpaired) electrons. The minimum atomic E-state index is 0.513. The predicted molar refractivity (Wildman–Crippen MR) is 76.1 cm³/mol. The van der Waals surface area contributed by atoms with E-state index < -0.39 is 0 Å². The SMILES string of the molecule is COc1ccc(NCC(C)N(C)C2CC2)c(N)c1. The number of anilines is 2. The summed E-state index contributed by atoms with van der Waals surface area (Å²) in [6, 6.07) is 7.04. The lowest BCUT2D eigenvalue weighted by atomic mass is 10.2. The third kappa shape index (κ3) is 3.07. The van der Waals surface area contributed by atoms with E-state index in [4.69, 9.17) is 10.5 Å². The lowest BCUT2D eigenvalue weighted by molar-refractivity contribution is 0.257. The van der Waals surface area contributed by atoms with Crippen LogP contribution in [0.2, 0.25) is 0 Å². The van der Waals surface area contributed by atoms with Gasteiger partial charge in [0.25, 0.3) is 0 Å². The standard InChI is InChI=1S/C14H23N3O/c1-10(17(2)11-4-5-11)9-16-14-7-6-12(18-3)8-13(14)15/h6-8,10-11,16H,4-5,9,15H2,1-3H3. The molecule has 1 aliphatic rings. The second-order valence-corrected chi connectivity index (χ2v) is 5.08. The van der Waals surface area contributed by atoms with Gasteiger partial charge in [0.1, 0.15) is 5.75 Å². The number of likely N-dealkylation sites (N-methyl/N-ethyl adjacent to an activating group) is 1. The summed E-state index contributed by atoms with van der Waals surface area (Å²) >= 11 is 0. The fourth-order valence-corrected chi connectivity index (χ4v) is 2.07. The summed E-state index contributed by atoms with van der Waals surface area (Å²) < 4.78 is 5.14. The number of nitrogens with zero attached hydrogens (tertiary/aromatic N) is 1. The predicted octanol–water partition coefficient (Wildman–Crippen LogP) is 2.17. The summed E-state index contributed by atoms with van der Waals surface area (Å²) in [6.45, 7) is 3.15. The van der Waals surface area contributed by atoms with Gasteiger partial charge in [-0.2, -0.15) is 0 Å². The van der Waals surface area contributed by atoms with Crippen molar-refractivity contribution in [3.8, 4) is 5.75 Å². The van der Waals surface area contributed by atoms with Crippen molar-refractivity contribution in [3.63, 3.8) is 0 Å². The molecule has 18 heavy (non-hydrogen) atoms. The van der Waals surface area contributed by atoms with Crippen molar-refractivity contribution in [3.05, 3.63) is 18.2 Å². The van der Waals surface area contributed by atoms with Gasteiger partial charge in [-0.25, -0.2) is 0 Å². The van der Waals surface area contributed by atoms with Gasteiger partial charge >= 0.3 is 0 Å². The van der Waals surface area contributed by atoms with Crippen LogP contribution in [-0.4, -0.2) is 37.7 Å². The van der Waals surface area contributed by atoms with Crippen molar-refractivity contribution in [2.24, 2.45) is 0 Å². The third-order valence-corrected chi connectivity index (χ3v) is 3.66. The number of hydrogen-bond acceptors (Lipinski definition) is 4. The smallest absolute Gasteiger partial charge is 0.121 e. The molecule has 1 aromatic carbocycles. The van der Waals surface area contributed by atoms with Crippen molar-refractivity contribution in [1.82, 2.24) is 4.90 Å². The van der Waals surface area contributed by atoms with Gasteiger partial charge in [-0.05, 0) is 38.9 Å². The highest BCUT2D eigenvalue weighted by Gasteiger charge is 2.28. The number of methoxy groups -OCH3 is 1. The van der Waals surface area contributed by atoms with Crippen LogP contribution in [0.1, 0.15) is 19.8 Å². The maximum Gasteiger partial charge on any atom is 0.121 e. The second kappa shape index (κ2) is 5.48. The van der Waals surface area contributed by atoms with Crippen molar-refractivity contribution >= 4 is 11.4 Å². The van der Waals surface area contributed by atoms with E-state index in [2.05, 4.69) is 24.2 Å². The zero-order valence-electron chi connectivity index (χ0n) is 11.4. The largest absolute Gasteiger partial charge is 0.497 e. The van der Waals surface area contributed by atoms with Crippen LogP contribution < -0.4 is 15.8 Å². The molecular weight excluding hydrogens is 226 g/mol. The molecule has 0 aromatic heterocycles. The maximum absolute atomic E-state index is 5.98. The number of benzene rings is 1. The average molecular weight is 249 g/mol. The van der Waals surface area contributed by atoms with Gasteiger partial charge in [-0.15, -0.1) is 0 Å². The Hall–Kier alpha value is -1.42. The molecule has 0 spiro atoms. The first kappa shape index (κ1) is 13.0. The zero-order valence-corrected chi connectivity index (χ0v) is 11.4. The molecule has 1 aromatic rings. The molecule has 1 atom stereocenters. The van der Waals surface area contributed by atoms with Gasteiger partial charge in [0.2, 0.25) is 0 Å².